The molecule has 0 aliphatic carbocycles. The summed E-state index contributed by atoms with van der Waals surface area (Å²) in [5.41, 5.74) is 1.10. The van der Waals surface area contributed by atoms with Gasteiger partial charge in [0.05, 0.1) is 0 Å². The predicted molar refractivity (Wildman–Crippen MR) is 56.8 cm³/mol. The summed E-state index contributed by atoms with van der Waals surface area (Å²) >= 11 is 1.79. The third kappa shape index (κ3) is 1.75. The van der Waals surface area contributed by atoms with Crippen LogP contribution in [0.15, 0.2) is 24.5 Å². The molecule has 0 aromatic carbocycles. The van der Waals surface area contributed by atoms with Crippen molar-refractivity contribution in [3.8, 4) is 0 Å². The third-order valence-corrected chi connectivity index (χ3v) is 3.65. The summed E-state index contributed by atoms with van der Waals surface area (Å²) < 4.78 is 0. The van der Waals surface area contributed by atoms with Crippen LogP contribution in [0.25, 0.3) is 0 Å². The highest BCUT2D eigenvalue weighted by Gasteiger charge is 2.26. The first-order valence-electron chi connectivity index (χ1n) is 4.56. The molecule has 3 nitrogen and oxygen atoms in total. The van der Waals surface area contributed by atoms with Gasteiger partial charge in [0, 0.05) is 37.2 Å². The smallest absolute Gasteiger partial charge is 0.224 e. The Bertz CT molecular complexity index is 328. The lowest BCUT2D eigenvalue weighted by Gasteiger charge is -2.31. The minimum absolute atomic E-state index is 0.143. The SMILES string of the molecule is CN1C(=O)CCSC1c1cccnc1. The molecular formula is C10H12N2OS. The first kappa shape index (κ1) is 9.52. The van der Waals surface area contributed by atoms with E-state index >= 15 is 0 Å². The largest absolute Gasteiger partial charge is 0.330 e. The molecule has 1 aromatic heterocycles. The Kier molecular flexibility index (Phi) is 2.72. The van der Waals surface area contributed by atoms with Crippen molar-refractivity contribution >= 4 is 17.7 Å². The molecule has 1 fully saturated rings. The third-order valence-electron chi connectivity index (χ3n) is 2.31. The van der Waals surface area contributed by atoms with Gasteiger partial charge in [-0.05, 0) is 6.07 Å². The Morgan fingerprint density at radius 3 is 3.21 bits per heavy atom. The number of pyridine rings is 1. The molecule has 74 valence electrons. The van der Waals surface area contributed by atoms with E-state index in [-0.39, 0.29) is 11.3 Å². The van der Waals surface area contributed by atoms with Crippen LogP contribution < -0.4 is 0 Å². The number of hydrogen-bond acceptors (Lipinski definition) is 3. The van der Waals surface area contributed by atoms with E-state index in [1.165, 1.54) is 0 Å². The van der Waals surface area contributed by atoms with Gasteiger partial charge in [-0.15, -0.1) is 11.8 Å². The Labute approximate surface area is 87.5 Å². The van der Waals surface area contributed by atoms with Crippen LogP contribution in [0, 0.1) is 0 Å². The van der Waals surface area contributed by atoms with Crippen molar-refractivity contribution < 1.29 is 4.79 Å². The molecule has 4 heteroatoms. The zero-order valence-electron chi connectivity index (χ0n) is 8.01. The Morgan fingerprint density at radius 1 is 1.64 bits per heavy atom. The van der Waals surface area contributed by atoms with E-state index in [4.69, 9.17) is 0 Å². The molecule has 2 heterocycles. The zero-order chi connectivity index (χ0) is 9.97. The van der Waals surface area contributed by atoms with Crippen molar-refractivity contribution in [2.45, 2.75) is 11.8 Å². The van der Waals surface area contributed by atoms with Crippen LogP contribution >= 0.6 is 11.8 Å². The monoisotopic (exact) mass is 208 g/mol. The lowest BCUT2D eigenvalue weighted by molar-refractivity contribution is -0.130. The van der Waals surface area contributed by atoms with Crippen LogP contribution in [0.3, 0.4) is 0 Å². The van der Waals surface area contributed by atoms with Gasteiger partial charge in [-0.3, -0.25) is 9.78 Å². The quantitative estimate of drug-likeness (QED) is 0.704. The number of carbonyl (C=O) groups is 1. The van der Waals surface area contributed by atoms with E-state index in [1.807, 2.05) is 25.4 Å². The second-order valence-corrected chi connectivity index (χ2v) is 4.45. The summed E-state index contributed by atoms with van der Waals surface area (Å²) in [6.07, 6.45) is 4.23. The Morgan fingerprint density at radius 2 is 2.50 bits per heavy atom. The van der Waals surface area contributed by atoms with Gasteiger partial charge in [0.15, 0.2) is 0 Å². The van der Waals surface area contributed by atoms with Crippen molar-refractivity contribution in [2.75, 3.05) is 12.8 Å². The van der Waals surface area contributed by atoms with E-state index in [9.17, 15) is 4.79 Å². The second-order valence-electron chi connectivity index (χ2n) is 3.26. The number of rotatable bonds is 1. The van der Waals surface area contributed by atoms with Gasteiger partial charge in [-0.25, -0.2) is 0 Å². The molecule has 1 aliphatic heterocycles. The van der Waals surface area contributed by atoms with Gasteiger partial charge in [0.2, 0.25) is 5.91 Å². The van der Waals surface area contributed by atoms with Gasteiger partial charge in [0.1, 0.15) is 5.37 Å². The molecule has 0 radical (unpaired) electrons. The minimum atomic E-state index is 0.143. The maximum Gasteiger partial charge on any atom is 0.224 e. The van der Waals surface area contributed by atoms with Crippen molar-refractivity contribution in [3.05, 3.63) is 30.1 Å². The molecule has 2 rings (SSSR count). The highest BCUT2D eigenvalue weighted by atomic mass is 32.2. The van der Waals surface area contributed by atoms with Crippen molar-refractivity contribution in [2.24, 2.45) is 0 Å². The summed E-state index contributed by atoms with van der Waals surface area (Å²) in [6, 6.07) is 3.92. The fraction of sp³-hybridized carbons (Fsp3) is 0.400. The Hall–Kier alpha value is -1.03. The normalized spacial score (nSPS) is 22.5. The summed E-state index contributed by atoms with van der Waals surface area (Å²) in [7, 11) is 1.85. The van der Waals surface area contributed by atoms with E-state index in [0.29, 0.717) is 6.42 Å². The number of thioether (sulfide) groups is 1. The average molecular weight is 208 g/mol. The van der Waals surface area contributed by atoms with Crippen LogP contribution in [0.2, 0.25) is 0 Å². The van der Waals surface area contributed by atoms with Gasteiger partial charge in [-0.2, -0.15) is 0 Å². The first-order chi connectivity index (χ1) is 6.79. The first-order valence-corrected chi connectivity index (χ1v) is 5.61. The van der Waals surface area contributed by atoms with Crippen LogP contribution in [-0.2, 0) is 4.79 Å². The fourth-order valence-electron chi connectivity index (χ4n) is 1.52. The van der Waals surface area contributed by atoms with E-state index in [0.717, 1.165) is 11.3 Å². The maximum absolute atomic E-state index is 11.5. The standard InChI is InChI=1S/C10H12N2OS/c1-12-9(13)4-6-14-10(12)8-3-2-5-11-7-8/h2-3,5,7,10H,4,6H2,1H3. The molecule has 1 amide bonds. The van der Waals surface area contributed by atoms with Gasteiger partial charge >= 0.3 is 0 Å². The number of amides is 1. The molecule has 0 bridgehead atoms. The fourth-order valence-corrected chi connectivity index (χ4v) is 2.71. The zero-order valence-corrected chi connectivity index (χ0v) is 8.83. The highest BCUT2D eigenvalue weighted by molar-refractivity contribution is 7.99. The number of aromatic nitrogens is 1. The van der Waals surface area contributed by atoms with Crippen LogP contribution in [0.1, 0.15) is 17.4 Å². The summed E-state index contributed by atoms with van der Waals surface area (Å²) in [6.45, 7) is 0. The van der Waals surface area contributed by atoms with Crippen molar-refractivity contribution in [3.63, 3.8) is 0 Å². The summed E-state index contributed by atoms with van der Waals surface area (Å²) in [4.78, 5) is 17.3. The van der Waals surface area contributed by atoms with Gasteiger partial charge < -0.3 is 4.90 Å². The molecule has 0 saturated carbocycles. The average Bonchev–Trinajstić information content (AvgIpc) is 2.23. The molecule has 1 atom stereocenters. The summed E-state index contributed by atoms with van der Waals surface area (Å²) in [5.74, 6) is 1.13. The van der Waals surface area contributed by atoms with Crippen LogP contribution in [0.4, 0.5) is 0 Å². The number of hydrogen-bond donors (Lipinski definition) is 0. The molecular weight excluding hydrogens is 196 g/mol. The number of nitrogens with zero attached hydrogens (tertiary/aromatic N) is 2. The van der Waals surface area contributed by atoms with Crippen molar-refractivity contribution in [1.82, 2.24) is 9.88 Å². The molecule has 0 N–H and O–H groups in total. The predicted octanol–water partition coefficient (Wildman–Crippen LogP) is 1.68. The lowest BCUT2D eigenvalue weighted by Crippen LogP contribution is -2.33. The molecule has 14 heavy (non-hydrogen) atoms. The van der Waals surface area contributed by atoms with Crippen LogP contribution in [0.5, 0.6) is 0 Å². The van der Waals surface area contributed by atoms with Crippen molar-refractivity contribution in [1.29, 1.82) is 0 Å². The van der Waals surface area contributed by atoms with E-state index in [1.54, 1.807) is 22.9 Å². The van der Waals surface area contributed by atoms with E-state index in [2.05, 4.69) is 4.98 Å². The van der Waals surface area contributed by atoms with Crippen LogP contribution in [-0.4, -0.2) is 28.6 Å². The topological polar surface area (TPSA) is 33.2 Å². The number of carbonyl (C=O) groups excluding carboxylic acids is 1. The van der Waals surface area contributed by atoms with Gasteiger partial charge in [-0.1, -0.05) is 6.07 Å². The maximum atomic E-state index is 11.5. The molecule has 1 aliphatic rings. The molecule has 1 unspecified atom stereocenters. The summed E-state index contributed by atoms with van der Waals surface area (Å²) in [5, 5.41) is 0.143. The Balaban J connectivity index is 2.22. The van der Waals surface area contributed by atoms with E-state index < -0.39 is 0 Å². The molecule has 1 saturated heterocycles. The van der Waals surface area contributed by atoms with Gasteiger partial charge in [0.25, 0.3) is 0 Å². The molecule has 0 spiro atoms. The molecule has 1 aromatic rings. The lowest BCUT2D eigenvalue weighted by atomic mass is 10.2. The minimum Gasteiger partial charge on any atom is -0.330 e. The second kappa shape index (κ2) is 4.00. The highest BCUT2D eigenvalue weighted by Crippen LogP contribution is 2.35.